The molecule has 0 bridgehead atoms. The van der Waals surface area contributed by atoms with Gasteiger partial charge in [-0.25, -0.2) is 4.79 Å². The molecule has 2 rings (SSSR count). The maximum absolute atomic E-state index is 11.5. The molecule has 0 spiro atoms. The van der Waals surface area contributed by atoms with E-state index in [4.69, 9.17) is 9.47 Å². The van der Waals surface area contributed by atoms with Crippen LogP contribution in [0.2, 0.25) is 0 Å². The summed E-state index contributed by atoms with van der Waals surface area (Å²) in [6.07, 6.45) is 0. The van der Waals surface area contributed by atoms with Gasteiger partial charge in [0, 0.05) is 4.88 Å². The summed E-state index contributed by atoms with van der Waals surface area (Å²) in [7, 11) is 0. The third kappa shape index (κ3) is 4.08. The van der Waals surface area contributed by atoms with Gasteiger partial charge in [0.1, 0.15) is 12.4 Å². The van der Waals surface area contributed by atoms with E-state index in [1.165, 1.54) is 0 Å². The maximum atomic E-state index is 11.5. The molecular weight excluding hydrogens is 328 g/mol. The number of esters is 1. The quantitative estimate of drug-likeness (QED) is 0.762. The molecule has 1 aromatic carbocycles. The largest absolute Gasteiger partial charge is 0.488 e. The van der Waals surface area contributed by atoms with Gasteiger partial charge in [-0.2, -0.15) is 0 Å². The van der Waals surface area contributed by atoms with Crippen LogP contribution in [-0.4, -0.2) is 12.6 Å². The first-order chi connectivity index (χ1) is 9.19. The highest BCUT2D eigenvalue weighted by Crippen LogP contribution is 2.23. The van der Waals surface area contributed by atoms with Crippen LogP contribution in [0.4, 0.5) is 0 Å². The minimum Gasteiger partial charge on any atom is -0.488 e. The average Bonchev–Trinajstić information content (AvgIpc) is 2.83. The second-order valence-electron chi connectivity index (χ2n) is 3.74. The Kier molecular flexibility index (Phi) is 4.99. The Balaban J connectivity index is 1.93. The van der Waals surface area contributed by atoms with E-state index in [2.05, 4.69) is 15.9 Å². The van der Waals surface area contributed by atoms with Crippen molar-refractivity contribution < 1.29 is 14.3 Å². The van der Waals surface area contributed by atoms with Crippen molar-refractivity contribution in [3.63, 3.8) is 0 Å². The van der Waals surface area contributed by atoms with Gasteiger partial charge < -0.3 is 9.47 Å². The Labute approximate surface area is 124 Å². The van der Waals surface area contributed by atoms with E-state index in [0.717, 1.165) is 14.4 Å². The van der Waals surface area contributed by atoms with Crippen molar-refractivity contribution in [2.75, 3.05) is 6.61 Å². The van der Waals surface area contributed by atoms with E-state index in [9.17, 15) is 4.79 Å². The lowest BCUT2D eigenvalue weighted by atomic mass is 10.2. The van der Waals surface area contributed by atoms with Crippen LogP contribution in [0.5, 0.6) is 5.75 Å². The van der Waals surface area contributed by atoms with Crippen LogP contribution in [0.15, 0.2) is 40.2 Å². The molecule has 0 fully saturated rings. The molecule has 0 aliphatic heterocycles. The summed E-state index contributed by atoms with van der Waals surface area (Å²) in [5.41, 5.74) is 0.535. The van der Waals surface area contributed by atoms with Gasteiger partial charge in [0.05, 0.1) is 16.0 Å². The second kappa shape index (κ2) is 6.73. The number of ether oxygens (including phenoxy) is 2. The number of carbonyl (C=O) groups is 1. The molecule has 1 heterocycles. The molecule has 3 nitrogen and oxygen atoms in total. The molecule has 100 valence electrons. The summed E-state index contributed by atoms with van der Waals surface area (Å²) in [5, 5.41) is 0. The fourth-order valence-electron chi connectivity index (χ4n) is 1.49. The lowest BCUT2D eigenvalue weighted by molar-refractivity contribution is 0.0526. The van der Waals surface area contributed by atoms with E-state index in [1.807, 2.05) is 12.1 Å². The SMILES string of the molecule is CCOC(=O)c1ccc(OCc2ccc(Br)s2)cc1. The first kappa shape index (κ1) is 14.1. The van der Waals surface area contributed by atoms with Crippen molar-refractivity contribution in [3.8, 4) is 5.75 Å². The number of hydrogen-bond donors (Lipinski definition) is 0. The van der Waals surface area contributed by atoms with E-state index >= 15 is 0 Å². The number of thiophene rings is 1. The van der Waals surface area contributed by atoms with Crippen LogP contribution in [-0.2, 0) is 11.3 Å². The highest BCUT2D eigenvalue weighted by atomic mass is 79.9. The Bertz CT molecular complexity index is 548. The minimum atomic E-state index is -0.309. The Morgan fingerprint density at radius 1 is 1.21 bits per heavy atom. The topological polar surface area (TPSA) is 35.5 Å². The van der Waals surface area contributed by atoms with Crippen LogP contribution in [0.3, 0.4) is 0 Å². The lowest BCUT2D eigenvalue weighted by Crippen LogP contribution is -2.04. The van der Waals surface area contributed by atoms with Crippen LogP contribution in [0.25, 0.3) is 0 Å². The summed E-state index contributed by atoms with van der Waals surface area (Å²) in [6.45, 7) is 2.69. The minimum absolute atomic E-state index is 0.309. The summed E-state index contributed by atoms with van der Waals surface area (Å²) in [4.78, 5) is 12.6. The van der Waals surface area contributed by atoms with Crippen molar-refractivity contribution in [2.24, 2.45) is 0 Å². The van der Waals surface area contributed by atoms with Gasteiger partial charge >= 0.3 is 5.97 Å². The van der Waals surface area contributed by atoms with Crippen molar-refractivity contribution in [2.45, 2.75) is 13.5 Å². The Morgan fingerprint density at radius 3 is 2.53 bits per heavy atom. The molecule has 0 amide bonds. The highest BCUT2D eigenvalue weighted by Gasteiger charge is 2.06. The second-order valence-corrected chi connectivity index (χ2v) is 6.29. The summed E-state index contributed by atoms with van der Waals surface area (Å²) < 4.78 is 11.6. The van der Waals surface area contributed by atoms with Crippen molar-refractivity contribution in [1.82, 2.24) is 0 Å². The summed E-state index contributed by atoms with van der Waals surface area (Å²) in [6, 6.07) is 11.0. The smallest absolute Gasteiger partial charge is 0.338 e. The van der Waals surface area contributed by atoms with Gasteiger partial charge in [-0.1, -0.05) is 0 Å². The van der Waals surface area contributed by atoms with Crippen molar-refractivity contribution in [3.05, 3.63) is 50.6 Å². The summed E-state index contributed by atoms with van der Waals surface area (Å²) in [5.74, 6) is 0.425. The van der Waals surface area contributed by atoms with Gasteiger partial charge in [0.15, 0.2) is 0 Å². The molecule has 2 aromatic rings. The molecule has 0 N–H and O–H groups in total. The lowest BCUT2D eigenvalue weighted by Gasteiger charge is -2.06. The van der Waals surface area contributed by atoms with Crippen LogP contribution < -0.4 is 4.74 Å². The molecule has 1 aromatic heterocycles. The number of rotatable bonds is 5. The first-order valence-corrected chi connectivity index (χ1v) is 7.44. The number of hydrogen-bond acceptors (Lipinski definition) is 4. The van der Waals surface area contributed by atoms with Crippen molar-refractivity contribution in [1.29, 1.82) is 0 Å². The molecule has 0 saturated heterocycles. The molecular formula is C14H13BrO3S. The predicted molar refractivity (Wildman–Crippen MR) is 78.7 cm³/mol. The molecule has 0 radical (unpaired) electrons. The third-order valence-electron chi connectivity index (χ3n) is 2.38. The number of carbonyl (C=O) groups excluding carboxylic acids is 1. The number of halogens is 1. The first-order valence-electron chi connectivity index (χ1n) is 5.83. The third-order valence-corrected chi connectivity index (χ3v) is 3.97. The Morgan fingerprint density at radius 2 is 1.95 bits per heavy atom. The molecule has 0 saturated carbocycles. The van der Waals surface area contributed by atoms with Gasteiger partial charge in [-0.05, 0) is 59.3 Å². The molecule has 0 aliphatic carbocycles. The summed E-state index contributed by atoms with van der Waals surface area (Å²) >= 11 is 5.05. The van der Waals surface area contributed by atoms with Crippen LogP contribution in [0.1, 0.15) is 22.2 Å². The van der Waals surface area contributed by atoms with Crippen molar-refractivity contribution >= 4 is 33.2 Å². The molecule has 0 unspecified atom stereocenters. The molecule has 19 heavy (non-hydrogen) atoms. The van der Waals surface area contributed by atoms with Crippen LogP contribution in [0, 0.1) is 0 Å². The predicted octanol–water partition coefficient (Wildman–Crippen LogP) is 4.27. The van der Waals surface area contributed by atoms with E-state index in [0.29, 0.717) is 18.8 Å². The van der Waals surface area contributed by atoms with E-state index in [-0.39, 0.29) is 5.97 Å². The zero-order valence-electron chi connectivity index (χ0n) is 10.4. The fraction of sp³-hybridized carbons (Fsp3) is 0.214. The van der Waals surface area contributed by atoms with Crippen LogP contribution >= 0.6 is 27.3 Å². The molecule has 0 atom stereocenters. The van der Waals surface area contributed by atoms with Gasteiger partial charge in [0.25, 0.3) is 0 Å². The molecule has 5 heteroatoms. The van der Waals surface area contributed by atoms with Gasteiger partial charge in [0.2, 0.25) is 0 Å². The zero-order chi connectivity index (χ0) is 13.7. The standard InChI is InChI=1S/C14H13BrO3S/c1-2-17-14(16)10-3-5-11(6-4-10)18-9-12-7-8-13(15)19-12/h3-8H,2,9H2,1H3. The number of benzene rings is 1. The fourth-order valence-corrected chi connectivity index (χ4v) is 2.88. The normalized spacial score (nSPS) is 10.2. The average molecular weight is 341 g/mol. The monoisotopic (exact) mass is 340 g/mol. The maximum Gasteiger partial charge on any atom is 0.338 e. The Hall–Kier alpha value is -1.33. The zero-order valence-corrected chi connectivity index (χ0v) is 12.8. The molecule has 0 aliphatic rings. The van der Waals surface area contributed by atoms with Gasteiger partial charge in [-0.3, -0.25) is 0 Å². The van der Waals surface area contributed by atoms with E-state index in [1.54, 1.807) is 42.5 Å². The highest BCUT2D eigenvalue weighted by molar-refractivity contribution is 9.11. The van der Waals surface area contributed by atoms with E-state index < -0.39 is 0 Å². The van der Waals surface area contributed by atoms with Gasteiger partial charge in [-0.15, -0.1) is 11.3 Å².